The second-order valence-corrected chi connectivity index (χ2v) is 7.23. The lowest BCUT2D eigenvalue weighted by Crippen LogP contribution is -2.24. The molecule has 0 atom stereocenters. The average molecular weight is 360 g/mol. The minimum absolute atomic E-state index is 0.0148. The van der Waals surface area contributed by atoms with Crippen LogP contribution >= 0.6 is 0 Å². The molecule has 0 aliphatic heterocycles. The molecule has 0 aliphatic carbocycles. The number of rotatable bonds is 5. The molecule has 25 heavy (non-hydrogen) atoms. The molecule has 130 valence electrons. The number of hydrogen-bond acceptors (Lipinski definition) is 6. The third kappa shape index (κ3) is 3.61. The van der Waals surface area contributed by atoms with Crippen LogP contribution < -0.4 is 5.32 Å². The molecule has 9 heteroatoms. The molecule has 0 bridgehead atoms. The van der Waals surface area contributed by atoms with E-state index >= 15 is 0 Å². The molecule has 0 radical (unpaired) electrons. The van der Waals surface area contributed by atoms with Crippen molar-refractivity contribution in [3.05, 3.63) is 65.6 Å². The van der Waals surface area contributed by atoms with Crippen LogP contribution in [-0.4, -0.2) is 28.5 Å². The number of benzene rings is 1. The number of aryl methyl sites for hydroxylation is 2. The average Bonchev–Trinajstić information content (AvgIpc) is 3.22. The zero-order valence-corrected chi connectivity index (χ0v) is 14.4. The molecule has 2 heterocycles. The summed E-state index contributed by atoms with van der Waals surface area (Å²) in [6.45, 7) is 3.70. The predicted molar refractivity (Wildman–Crippen MR) is 88.4 cm³/mol. The first kappa shape index (κ1) is 16.9. The fourth-order valence-electron chi connectivity index (χ4n) is 2.11. The van der Waals surface area contributed by atoms with Crippen molar-refractivity contribution in [2.45, 2.75) is 25.3 Å². The van der Waals surface area contributed by atoms with E-state index in [1.807, 2.05) is 6.92 Å². The molecule has 2 aromatic heterocycles. The normalized spacial score (nSPS) is 11.4. The third-order valence-electron chi connectivity index (χ3n) is 3.43. The van der Waals surface area contributed by atoms with Crippen LogP contribution in [0.15, 0.2) is 52.0 Å². The Morgan fingerprint density at radius 2 is 1.92 bits per heavy atom. The van der Waals surface area contributed by atoms with Crippen LogP contribution in [0.25, 0.3) is 0 Å². The SMILES string of the molecule is Cc1ccc(S(=O)(=O)n2ccc(C(=O)NCc3ncc(C)o3)n2)cc1. The predicted octanol–water partition coefficient (Wildman–Crippen LogP) is 1.65. The van der Waals surface area contributed by atoms with E-state index in [0.717, 1.165) is 9.65 Å². The maximum absolute atomic E-state index is 12.5. The number of aromatic nitrogens is 3. The van der Waals surface area contributed by atoms with Crippen LogP contribution in [0.1, 0.15) is 27.7 Å². The van der Waals surface area contributed by atoms with E-state index in [0.29, 0.717) is 11.7 Å². The van der Waals surface area contributed by atoms with Crippen molar-refractivity contribution >= 4 is 15.9 Å². The monoisotopic (exact) mass is 360 g/mol. The van der Waals surface area contributed by atoms with E-state index in [4.69, 9.17) is 4.42 Å². The summed E-state index contributed by atoms with van der Waals surface area (Å²) in [6.07, 6.45) is 2.78. The highest BCUT2D eigenvalue weighted by Crippen LogP contribution is 2.14. The number of nitrogens with zero attached hydrogens (tertiary/aromatic N) is 3. The van der Waals surface area contributed by atoms with Gasteiger partial charge in [-0.15, -0.1) is 0 Å². The lowest BCUT2D eigenvalue weighted by Gasteiger charge is -2.04. The lowest BCUT2D eigenvalue weighted by molar-refractivity contribution is 0.0942. The molecule has 3 aromatic rings. The van der Waals surface area contributed by atoms with E-state index in [1.165, 1.54) is 24.4 Å². The first-order chi connectivity index (χ1) is 11.9. The minimum atomic E-state index is -3.84. The zero-order chi connectivity index (χ0) is 18.0. The number of amides is 1. The van der Waals surface area contributed by atoms with Crippen molar-refractivity contribution in [3.63, 3.8) is 0 Å². The molecule has 0 spiro atoms. The van der Waals surface area contributed by atoms with Crippen LogP contribution in [0.2, 0.25) is 0 Å². The van der Waals surface area contributed by atoms with Crippen LogP contribution in [0.5, 0.6) is 0 Å². The van der Waals surface area contributed by atoms with Gasteiger partial charge in [-0.2, -0.15) is 17.6 Å². The van der Waals surface area contributed by atoms with Crippen molar-refractivity contribution in [2.24, 2.45) is 0 Å². The Hall–Kier alpha value is -2.94. The Morgan fingerprint density at radius 3 is 2.56 bits per heavy atom. The van der Waals surface area contributed by atoms with Crippen molar-refractivity contribution in [1.29, 1.82) is 0 Å². The van der Waals surface area contributed by atoms with Gasteiger partial charge in [0.2, 0.25) is 5.89 Å². The Kier molecular flexibility index (Phi) is 4.41. The van der Waals surface area contributed by atoms with Gasteiger partial charge in [-0.3, -0.25) is 4.79 Å². The fraction of sp³-hybridized carbons (Fsp3) is 0.188. The van der Waals surface area contributed by atoms with Crippen molar-refractivity contribution < 1.29 is 17.6 Å². The summed E-state index contributed by atoms with van der Waals surface area (Å²) in [7, 11) is -3.84. The molecule has 0 aliphatic rings. The van der Waals surface area contributed by atoms with Crippen LogP contribution in [0.4, 0.5) is 0 Å². The maximum atomic E-state index is 12.5. The Balaban J connectivity index is 1.75. The van der Waals surface area contributed by atoms with E-state index in [2.05, 4.69) is 15.4 Å². The summed E-state index contributed by atoms with van der Waals surface area (Å²) in [5.74, 6) is 0.476. The molecular formula is C16H16N4O4S. The summed E-state index contributed by atoms with van der Waals surface area (Å²) < 4.78 is 31.0. The molecule has 1 N–H and O–H groups in total. The van der Waals surface area contributed by atoms with E-state index in [1.54, 1.807) is 25.3 Å². The molecule has 0 saturated carbocycles. The van der Waals surface area contributed by atoms with Crippen molar-refractivity contribution in [2.75, 3.05) is 0 Å². The van der Waals surface area contributed by atoms with Gasteiger partial charge in [0.25, 0.3) is 15.9 Å². The van der Waals surface area contributed by atoms with Crippen LogP contribution in [0.3, 0.4) is 0 Å². The van der Waals surface area contributed by atoms with Gasteiger partial charge in [-0.25, -0.2) is 4.98 Å². The number of carbonyl (C=O) groups excluding carboxylic acids is 1. The van der Waals surface area contributed by atoms with Crippen molar-refractivity contribution in [3.8, 4) is 0 Å². The molecule has 0 fully saturated rings. The first-order valence-electron chi connectivity index (χ1n) is 7.44. The number of hydrogen-bond donors (Lipinski definition) is 1. The van der Waals surface area contributed by atoms with E-state index in [9.17, 15) is 13.2 Å². The van der Waals surface area contributed by atoms with Gasteiger partial charge >= 0.3 is 0 Å². The summed E-state index contributed by atoms with van der Waals surface area (Å²) in [6, 6.07) is 7.72. The summed E-state index contributed by atoms with van der Waals surface area (Å²) in [5, 5.41) is 6.44. The van der Waals surface area contributed by atoms with E-state index < -0.39 is 15.9 Å². The summed E-state index contributed by atoms with van der Waals surface area (Å²) in [5.41, 5.74) is 0.931. The van der Waals surface area contributed by atoms with Gasteiger partial charge in [-0.05, 0) is 32.0 Å². The number of nitrogens with one attached hydrogen (secondary N) is 1. The Bertz CT molecular complexity index is 1000. The Morgan fingerprint density at radius 1 is 1.20 bits per heavy atom. The second-order valence-electron chi connectivity index (χ2n) is 5.44. The number of carbonyl (C=O) groups is 1. The van der Waals surface area contributed by atoms with Gasteiger partial charge in [0.05, 0.1) is 17.6 Å². The maximum Gasteiger partial charge on any atom is 0.282 e. The molecule has 0 unspecified atom stereocenters. The van der Waals surface area contributed by atoms with Gasteiger partial charge in [0.15, 0.2) is 5.69 Å². The molecule has 8 nitrogen and oxygen atoms in total. The third-order valence-corrected chi connectivity index (χ3v) is 5.00. The fourth-order valence-corrected chi connectivity index (χ4v) is 3.22. The highest BCUT2D eigenvalue weighted by Gasteiger charge is 2.20. The van der Waals surface area contributed by atoms with Gasteiger partial charge in [-0.1, -0.05) is 17.7 Å². The summed E-state index contributed by atoms with van der Waals surface area (Å²) >= 11 is 0. The van der Waals surface area contributed by atoms with Crippen LogP contribution in [-0.2, 0) is 16.6 Å². The molecule has 1 aromatic carbocycles. The molecule has 1 amide bonds. The smallest absolute Gasteiger partial charge is 0.282 e. The topological polar surface area (TPSA) is 107 Å². The van der Waals surface area contributed by atoms with Gasteiger partial charge in [0.1, 0.15) is 5.76 Å². The van der Waals surface area contributed by atoms with Gasteiger partial charge < -0.3 is 9.73 Å². The number of oxazole rings is 1. The lowest BCUT2D eigenvalue weighted by atomic mass is 10.2. The van der Waals surface area contributed by atoms with Gasteiger partial charge in [0, 0.05) is 6.20 Å². The molecular weight excluding hydrogens is 344 g/mol. The van der Waals surface area contributed by atoms with Crippen molar-refractivity contribution in [1.82, 2.24) is 19.5 Å². The van der Waals surface area contributed by atoms with E-state index in [-0.39, 0.29) is 17.1 Å². The summed E-state index contributed by atoms with van der Waals surface area (Å²) in [4.78, 5) is 16.2. The minimum Gasteiger partial charge on any atom is -0.444 e. The second kappa shape index (κ2) is 6.52. The first-order valence-corrected chi connectivity index (χ1v) is 8.88. The quantitative estimate of drug-likeness (QED) is 0.741. The van der Waals surface area contributed by atoms with Crippen LogP contribution in [0, 0.1) is 13.8 Å². The zero-order valence-electron chi connectivity index (χ0n) is 13.6. The highest BCUT2D eigenvalue weighted by atomic mass is 32.2. The molecule has 0 saturated heterocycles. The standard InChI is InChI=1S/C16H16N4O4S/c1-11-3-5-13(6-4-11)25(22,23)20-8-7-14(19-20)16(21)18-10-15-17-9-12(2)24-15/h3-9H,10H2,1-2H3,(H,18,21). The Labute approximate surface area is 144 Å². The highest BCUT2D eigenvalue weighted by molar-refractivity contribution is 7.89. The largest absolute Gasteiger partial charge is 0.444 e. The molecule has 3 rings (SSSR count).